The van der Waals surface area contributed by atoms with Crippen LogP contribution in [0.25, 0.3) is 11.7 Å². The van der Waals surface area contributed by atoms with Crippen molar-refractivity contribution in [3.05, 3.63) is 33.3 Å². The van der Waals surface area contributed by atoms with Crippen molar-refractivity contribution in [3.63, 3.8) is 0 Å². The molecule has 2 unspecified atom stereocenters. The summed E-state index contributed by atoms with van der Waals surface area (Å²) in [6, 6.07) is 0.403. The van der Waals surface area contributed by atoms with E-state index in [1.807, 2.05) is 32.6 Å². The lowest BCUT2D eigenvalue weighted by molar-refractivity contribution is -0.128. The summed E-state index contributed by atoms with van der Waals surface area (Å²) < 4.78 is 2.73. The maximum absolute atomic E-state index is 13.2. The first-order valence-electron chi connectivity index (χ1n) is 11.8. The van der Waals surface area contributed by atoms with E-state index in [-0.39, 0.29) is 41.4 Å². The van der Waals surface area contributed by atoms with Crippen molar-refractivity contribution in [2.45, 2.75) is 85.0 Å². The Morgan fingerprint density at radius 1 is 1.18 bits per heavy atom. The molecule has 0 bridgehead atoms. The van der Waals surface area contributed by atoms with Crippen LogP contribution in [-0.2, 0) is 11.3 Å². The molecule has 1 aliphatic carbocycles. The van der Waals surface area contributed by atoms with Crippen LogP contribution in [0.2, 0.25) is 0 Å². The number of aromatic nitrogens is 3. The molecule has 2 amide bonds. The van der Waals surface area contributed by atoms with E-state index in [1.165, 1.54) is 10.6 Å². The highest BCUT2D eigenvalue weighted by Crippen LogP contribution is 2.27. The maximum atomic E-state index is 13.2. The fourth-order valence-electron chi connectivity index (χ4n) is 4.65. The molecule has 2 N–H and O–H groups in total. The predicted molar refractivity (Wildman–Crippen MR) is 125 cm³/mol. The molecule has 1 saturated carbocycles. The topological polar surface area (TPSA) is 109 Å². The lowest BCUT2D eigenvalue weighted by atomic mass is 10.1. The number of nitrogens with one attached hydrogen (secondary N) is 1. The molecule has 1 saturated heterocycles. The summed E-state index contributed by atoms with van der Waals surface area (Å²) in [5.74, 6) is -0.922. The Balaban J connectivity index is 1.82. The third-order valence-electron chi connectivity index (χ3n) is 6.51. The fourth-order valence-corrected chi connectivity index (χ4v) is 4.65. The summed E-state index contributed by atoms with van der Waals surface area (Å²) in [7, 11) is 0. The van der Waals surface area contributed by atoms with E-state index in [2.05, 4.69) is 10.4 Å². The fraction of sp³-hybridized carbons (Fsp3) is 0.583. The molecular weight excluding hydrogens is 422 g/mol. The first-order chi connectivity index (χ1) is 15.6. The summed E-state index contributed by atoms with van der Waals surface area (Å²) in [6.07, 6.45) is 6.86. The molecule has 9 heteroatoms. The average molecular weight is 456 g/mol. The van der Waals surface area contributed by atoms with Gasteiger partial charge in [0.15, 0.2) is 5.56 Å². The first kappa shape index (κ1) is 23.1. The molecule has 2 aliphatic rings. The number of aromatic hydroxyl groups is 1. The van der Waals surface area contributed by atoms with Crippen molar-refractivity contribution in [3.8, 4) is 5.88 Å². The van der Waals surface area contributed by atoms with Gasteiger partial charge in [0, 0.05) is 36.3 Å². The number of amides is 2. The number of hydrogen-bond acceptors (Lipinski definition) is 5. The van der Waals surface area contributed by atoms with Crippen LogP contribution in [-0.4, -0.2) is 54.1 Å². The zero-order chi connectivity index (χ0) is 24.0. The van der Waals surface area contributed by atoms with Gasteiger partial charge in [0.05, 0.1) is 5.69 Å². The Labute approximate surface area is 193 Å². The molecule has 1 aliphatic heterocycles. The number of nitrogens with zero attached hydrogens (tertiary/aromatic N) is 4. The van der Waals surface area contributed by atoms with Crippen LogP contribution >= 0.6 is 0 Å². The van der Waals surface area contributed by atoms with E-state index >= 15 is 0 Å². The van der Waals surface area contributed by atoms with Crippen LogP contribution in [0, 0.1) is 12.8 Å². The quantitative estimate of drug-likeness (QED) is 0.651. The highest BCUT2D eigenvalue weighted by Gasteiger charge is 2.31. The zero-order valence-electron chi connectivity index (χ0n) is 20.0. The number of aryl methyl sites for hydroxylation is 1. The van der Waals surface area contributed by atoms with Crippen LogP contribution in [0.4, 0.5) is 0 Å². The van der Waals surface area contributed by atoms with Crippen molar-refractivity contribution in [1.82, 2.24) is 24.4 Å². The van der Waals surface area contributed by atoms with Crippen molar-refractivity contribution in [2.75, 3.05) is 0 Å². The monoisotopic (exact) mass is 455 g/mol. The van der Waals surface area contributed by atoms with E-state index in [9.17, 15) is 19.5 Å². The molecule has 33 heavy (non-hydrogen) atoms. The zero-order valence-corrected chi connectivity index (χ0v) is 20.0. The van der Waals surface area contributed by atoms with Gasteiger partial charge in [0.1, 0.15) is 5.65 Å². The molecule has 0 radical (unpaired) electrons. The Hall–Kier alpha value is -3.10. The average Bonchev–Trinajstić information content (AvgIpc) is 3.39. The van der Waals surface area contributed by atoms with Crippen LogP contribution in [0.3, 0.4) is 0 Å². The Kier molecular flexibility index (Phi) is 6.07. The minimum absolute atomic E-state index is 0.0461. The molecule has 2 aromatic rings. The first-order valence-corrected chi connectivity index (χ1v) is 11.8. The largest absolute Gasteiger partial charge is 0.494 e. The highest BCUT2D eigenvalue weighted by molar-refractivity contribution is 5.97. The summed E-state index contributed by atoms with van der Waals surface area (Å²) >= 11 is 0. The van der Waals surface area contributed by atoms with Gasteiger partial charge in [-0.25, -0.2) is 0 Å². The molecular formula is C24H33N5O4. The van der Waals surface area contributed by atoms with Crippen LogP contribution in [0.15, 0.2) is 10.9 Å². The highest BCUT2D eigenvalue weighted by atomic mass is 16.3. The van der Waals surface area contributed by atoms with Crippen molar-refractivity contribution in [2.24, 2.45) is 5.92 Å². The van der Waals surface area contributed by atoms with Crippen molar-refractivity contribution < 1.29 is 14.7 Å². The molecule has 0 spiro atoms. The lowest BCUT2D eigenvalue weighted by Gasteiger charge is -2.24. The van der Waals surface area contributed by atoms with Gasteiger partial charge in [0.2, 0.25) is 11.8 Å². The molecule has 2 fully saturated rings. The molecule has 0 aromatic carbocycles. The number of carbonyl (C=O) groups is 2. The normalized spacial score (nSPS) is 21.0. The van der Waals surface area contributed by atoms with E-state index < -0.39 is 11.5 Å². The van der Waals surface area contributed by atoms with Gasteiger partial charge >= 0.3 is 0 Å². The van der Waals surface area contributed by atoms with Gasteiger partial charge in [-0.2, -0.15) is 9.61 Å². The van der Waals surface area contributed by atoms with Crippen molar-refractivity contribution in [1.29, 1.82) is 0 Å². The van der Waals surface area contributed by atoms with Gasteiger partial charge in [-0.3, -0.25) is 19.0 Å². The minimum Gasteiger partial charge on any atom is -0.494 e. The second kappa shape index (κ2) is 8.68. The smallest absolute Gasteiger partial charge is 0.291 e. The number of fused-ring (bicyclic) bond motifs is 1. The van der Waals surface area contributed by atoms with E-state index in [1.54, 1.807) is 17.6 Å². The summed E-state index contributed by atoms with van der Waals surface area (Å²) in [6.45, 7) is 10.2. The van der Waals surface area contributed by atoms with E-state index in [4.69, 9.17) is 0 Å². The summed E-state index contributed by atoms with van der Waals surface area (Å²) in [5, 5.41) is 18.2. The van der Waals surface area contributed by atoms with Crippen LogP contribution in [0.1, 0.15) is 75.0 Å². The predicted octanol–water partition coefficient (Wildman–Crippen LogP) is 2.47. The van der Waals surface area contributed by atoms with Gasteiger partial charge in [-0.1, -0.05) is 13.8 Å². The molecule has 2 aromatic heterocycles. The van der Waals surface area contributed by atoms with E-state index in [0.717, 1.165) is 25.7 Å². The van der Waals surface area contributed by atoms with Gasteiger partial charge < -0.3 is 15.3 Å². The molecule has 3 heterocycles. The Bertz CT molecular complexity index is 1180. The number of hydrogen-bond donors (Lipinski definition) is 2. The standard InChI is InChI=1S/C24H33N5O4/c1-13(2)12-27-22-18(10-11-19(30)28-14(3)6-7-15(28)4)16(5)26-29(22)24(33)20(23(27)32)21(31)25-17-8-9-17/h10-11,13-15,17,32H,6-9,12H2,1-5H3,(H,25,31)/b11-10+. The molecule has 2 atom stereocenters. The SMILES string of the molecule is Cc1nn2c(=O)c(C(=O)NC3CC3)c(O)n(CC(C)C)c2c1/C=C/C(=O)N1C(C)CCC1C. The minimum atomic E-state index is -0.670. The number of rotatable bonds is 6. The second-order valence-corrected chi connectivity index (χ2v) is 9.84. The summed E-state index contributed by atoms with van der Waals surface area (Å²) in [4.78, 5) is 40.7. The maximum Gasteiger partial charge on any atom is 0.291 e. The lowest BCUT2D eigenvalue weighted by Crippen LogP contribution is -2.37. The van der Waals surface area contributed by atoms with Gasteiger partial charge in [-0.15, -0.1) is 0 Å². The molecule has 9 nitrogen and oxygen atoms in total. The second-order valence-electron chi connectivity index (χ2n) is 9.84. The number of carbonyl (C=O) groups excluding carboxylic acids is 2. The van der Waals surface area contributed by atoms with Crippen LogP contribution in [0.5, 0.6) is 5.88 Å². The Morgan fingerprint density at radius 2 is 1.82 bits per heavy atom. The molecule has 4 rings (SSSR count). The third kappa shape index (κ3) is 4.28. The third-order valence-corrected chi connectivity index (χ3v) is 6.51. The van der Waals surface area contributed by atoms with Gasteiger partial charge in [-0.05, 0) is 58.4 Å². The molecule has 178 valence electrons. The van der Waals surface area contributed by atoms with Crippen molar-refractivity contribution >= 4 is 23.5 Å². The number of likely N-dealkylation sites (tertiary alicyclic amines) is 1. The Morgan fingerprint density at radius 3 is 2.39 bits per heavy atom. The van der Waals surface area contributed by atoms with Crippen LogP contribution < -0.4 is 10.9 Å². The van der Waals surface area contributed by atoms with Gasteiger partial charge in [0.25, 0.3) is 11.5 Å². The van der Waals surface area contributed by atoms with E-state index in [0.29, 0.717) is 23.4 Å². The summed E-state index contributed by atoms with van der Waals surface area (Å²) in [5.41, 5.74) is 0.513.